The molecule has 1 aromatic heterocycles. The first-order chi connectivity index (χ1) is 15.6. The fourth-order valence-electron chi connectivity index (χ4n) is 4.13. The Bertz CT molecular complexity index is 1190. The average Bonchev–Trinajstić information content (AvgIpc) is 3.35. The fourth-order valence-corrected chi connectivity index (χ4v) is 4.13. The third-order valence-electron chi connectivity index (χ3n) is 5.71. The Morgan fingerprint density at radius 3 is 2.66 bits per heavy atom. The summed E-state index contributed by atoms with van der Waals surface area (Å²) in [5.74, 6) is 0.0921. The standard InChI is InChI=1S/C23H22FN3O5/c24-17-7-4-15(5-8-17)22-25-27(23(29)32-22)14-21(28)26-10-1-3-18(26)16-6-9-19-20(13-16)31-12-2-11-30-19/h4-9,13,18H,1-3,10-12,14H2. The van der Waals surface area contributed by atoms with Crippen molar-refractivity contribution in [2.75, 3.05) is 19.8 Å². The molecular weight excluding hydrogens is 417 g/mol. The summed E-state index contributed by atoms with van der Waals surface area (Å²) in [4.78, 5) is 27.1. The van der Waals surface area contributed by atoms with Gasteiger partial charge in [0.2, 0.25) is 11.8 Å². The monoisotopic (exact) mass is 439 g/mol. The van der Waals surface area contributed by atoms with Gasteiger partial charge in [-0.3, -0.25) is 4.79 Å². The van der Waals surface area contributed by atoms with Gasteiger partial charge in [0, 0.05) is 18.5 Å². The second-order valence-corrected chi connectivity index (χ2v) is 7.84. The van der Waals surface area contributed by atoms with Crippen LogP contribution in [0.15, 0.2) is 51.7 Å². The van der Waals surface area contributed by atoms with Crippen molar-refractivity contribution in [2.24, 2.45) is 0 Å². The van der Waals surface area contributed by atoms with Crippen LogP contribution in [0.3, 0.4) is 0 Å². The number of rotatable bonds is 4. The lowest BCUT2D eigenvalue weighted by atomic mass is 10.0. The molecule has 9 heteroatoms. The number of hydrogen-bond donors (Lipinski definition) is 0. The van der Waals surface area contributed by atoms with Gasteiger partial charge in [0.25, 0.3) is 0 Å². The molecule has 3 aromatic rings. The van der Waals surface area contributed by atoms with E-state index in [1.165, 1.54) is 24.3 Å². The number of fused-ring (bicyclic) bond motifs is 1. The van der Waals surface area contributed by atoms with Crippen LogP contribution < -0.4 is 15.2 Å². The molecule has 8 nitrogen and oxygen atoms in total. The molecule has 1 atom stereocenters. The van der Waals surface area contributed by atoms with Gasteiger partial charge >= 0.3 is 5.76 Å². The summed E-state index contributed by atoms with van der Waals surface area (Å²) >= 11 is 0. The summed E-state index contributed by atoms with van der Waals surface area (Å²) in [5, 5.41) is 4.12. The smallest absolute Gasteiger partial charge is 0.437 e. The number of hydrogen-bond acceptors (Lipinski definition) is 6. The van der Waals surface area contributed by atoms with Gasteiger partial charge in [-0.05, 0) is 54.8 Å². The first-order valence-electron chi connectivity index (χ1n) is 10.6. The Balaban J connectivity index is 1.34. The van der Waals surface area contributed by atoms with Crippen LogP contribution in [0.4, 0.5) is 4.39 Å². The maximum atomic E-state index is 13.1. The van der Waals surface area contributed by atoms with E-state index < -0.39 is 11.6 Å². The van der Waals surface area contributed by atoms with Crippen LogP contribution in [-0.4, -0.2) is 40.3 Å². The van der Waals surface area contributed by atoms with Gasteiger partial charge in [0.15, 0.2) is 11.5 Å². The van der Waals surface area contributed by atoms with Gasteiger partial charge in [-0.25, -0.2) is 9.18 Å². The highest BCUT2D eigenvalue weighted by atomic mass is 19.1. The van der Waals surface area contributed by atoms with E-state index in [1.807, 2.05) is 18.2 Å². The molecule has 2 aliphatic rings. The van der Waals surface area contributed by atoms with Gasteiger partial charge in [0.05, 0.1) is 19.3 Å². The van der Waals surface area contributed by atoms with Crippen LogP contribution in [0.1, 0.15) is 30.9 Å². The normalized spacial score (nSPS) is 17.9. The van der Waals surface area contributed by atoms with Crippen molar-refractivity contribution in [3.8, 4) is 23.0 Å². The third-order valence-corrected chi connectivity index (χ3v) is 5.71. The van der Waals surface area contributed by atoms with Gasteiger partial charge in [-0.15, -0.1) is 5.10 Å². The number of likely N-dealkylation sites (tertiary alicyclic amines) is 1. The number of halogens is 1. The third kappa shape index (κ3) is 3.98. The zero-order valence-electron chi connectivity index (χ0n) is 17.3. The molecular formula is C23H22FN3O5. The van der Waals surface area contributed by atoms with Crippen LogP contribution in [0.2, 0.25) is 0 Å². The summed E-state index contributed by atoms with van der Waals surface area (Å²) in [5.41, 5.74) is 1.43. The van der Waals surface area contributed by atoms with E-state index in [0.29, 0.717) is 36.8 Å². The maximum Gasteiger partial charge on any atom is 0.437 e. The highest BCUT2D eigenvalue weighted by Gasteiger charge is 2.31. The van der Waals surface area contributed by atoms with Crippen LogP contribution in [0.5, 0.6) is 11.5 Å². The maximum absolute atomic E-state index is 13.1. The highest BCUT2D eigenvalue weighted by molar-refractivity contribution is 5.77. The van der Waals surface area contributed by atoms with E-state index in [9.17, 15) is 14.0 Å². The summed E-state index contributed by atoms with van der Waals surface area (Å²) in [6, 6.07) is 11.1. The van der Waals surface area contributed by atoms with E-state index in [1.54, 1.807) is 4.90 Å². The van der Waals surface area contributed by atoms with Gasteiger partial charge in [-0.2, -0.15) is 4.68 Å². The van der Waals surface area contributed by atoms with Crippen molar-refractivity contribution in [2.45, 2.75) is 31.8 Å². The molecule has 166 valence electrons. The summed E-state index contributed by atoms with van der Waals surface area (Å²) in [7, 11) is 0. The van der Waals surface area contributed by atoms with Crippen LogP contribution >= 0.6 is 0 Å². The first kappa shape index (κ1) is 20.3. The number of amides is 1. The zero-order chi connectivity index (χ0) is 22.1. The molecule has 0 radical (unpaired) electrons. The molecule has 1 amide bonds. The number of aromatic nitrogens is 2. The molecule has 0 aliphatic carbocycles. The average molecular weight is 439 g/mol. The summed E-state index contributed by atoms with van der Waals surface area (Å²) in [6.07, 6.45) is 2.50. The minimum Gasteiger partial charge on any atom is -0.490 e. The van der Waals surface area contributed by atoms with E-state index in [2.05, 4.69) is 5.10 Å². The predicted molar refractivity (Wildman–Crippen MR) is 112 cm³/mol. The van der Waals surface area contributed by atoms with Crippen LogP contribution in [0, 0.1) is 5.82 Å². The molecule has 1 fully saturated rings. The van der Waals surface area contributed by atoms with Crippen molar-refractivity contribution >= 4 is 5.91 Å². The molecule has 5 rings (SSSR count). The van der Waals surface area contributed by atoms with Gasteiger partial charge < -0.3 is 18.8 Å². The molecule has 2 aliphatic heterocycles. The molecule has 32 heavy (non-hydrogen) atoms. The number of benzene rings is 2. The van der Waals surface area contributed by atoms with E-state index >= 15 is 0 Å². The van der Waals surface area contributed by atoms with E-state index in [-0.39, 0.29) is 24.4 Å². The van der Waals surface area contributed by atoms with Crippen molar-refractivity contribution < 1.29 is 23.1 Å². The molecule has 2 aromatic carbocycles. The summed E-state index contributed by atoms with van der Waals surface area (Å²) in [6.45, 7) is 1.57. The minimum atomic E-state index is -0.732. The predicted octanol–water partition coefficient (Wildman–Crippen LogP) is 3.17. The van der Waals surface area contributed by atoms with E-state index in [0.717, 1.165) is 29.5 Å². The Morgan fingerprint density at radius 1 is 1.06 bits per heavy atom. The quantitative estimate of drug-likeness (QED) is 0.621. The minimum absolute atomic E-state index is 0.0451. The van der Waals surface area contributed by atoms with Crippen LogP contribution in [0.25, 0.3) is 11.5 Å². The SMILES string of the molecule is O=C(Cn1nc(-c2ccc(F)cc2)oc1=O)N1CCCC1c1ccc2c(c1)OCCCO2. The number of nitrogens with zero attached hydrogens (tertiary/aromatic N) is 3. The lowest BCUT2D eigenvalue weighted by Gasteiger charge is -2.25. The van der Waals surface area contributed by atoms with Crippen LogP contribution in [-0.2, 0) is 11.3 Å². The molecule has 1 unspecified atom stereocenters. The highest BCUT2D eigenvalue weighted by Crippen LogP contribution is 2.38. The molecule has 0 bridgehead atoms. The molecule has 0 N–H and O–H groups in total. The van der Waals surface area contributed by atoms with Crippen molar-refractivity contribution in [1.29, 1.82) is 0 Å². The number of carbonyl (C=O) groups excluding carboxylic acids is 1. The second kappa shape index (κ2) is 8.49. The topological polar surface area (TPSA) is 86.8 Å². The fraction of sp³-hybridized carbons (Fsp3) is 0.348. The van der Waals surface area contributed by atoms with E-state index in [4.69, 9.17) is 13.9 Å². The summed E-state index contributed by atoms with van der Waals surface area (Å²) < 4.78 is 30.8. The van der Waals surface area contributed by atoms with Crippen molar-refractivity contribution in [3.05, 3.63) is 64.4 Å². The van der Waals surface area contributed by atoms with Gasteiger partial charge in [0.1, 0.15) is 12.4 Å². The molecule has 1 saturated heterocycles. The van der Waals surface area contributed by atoms with Crippen molar-refractivity contribution in [1.82, 2.24) is 14.7 Å². The number of ether oxygens (including phenoxy) is 2. The first-order valence-corrected chi connectivity index (χ1v) is 10.6. The Labute approximate surface area is 183 Å². The molecule has 0 saturated carbocycles. The lowest BCUT2D eigenvalue weighted by Crippen LogP contribution is -2.35. The molecule has 0 spiro atoms. The Kier molecular flexibility index (Phi) is 5.38. The molecule has 3 heterocycles. The number of carbonyl (C=O) groups is 1. The lowest BCUT2D eigenvalue weighted by molar-refractivity contribution is -0.133. The second-order valence-electron chi connectivity index (χ2n) is 7.84. The Morgan fingerprint density at radius 2 is 1.84 bits per heavy atom. The largest absolute Gasteiger partial charge is 0.490 e. The van der Waals surface area contributed by atoms with Crippen molar-refractivity contribution in [3.63, 3.8) is 0 Å². The van der Waals surface area contributed by atoms with Gasteiger partial charge in [-0.1, -0.05) is 6.07 Å². The zero-order valence-corrected chi connectivity index (χ0v) is 17.3. The Hall–Kier alpha value is -3.62.